The zero-order valence-electron chi connectivity index (χ0n) is 10.8. The number of methoxy groups -OCH3 is 2. The summed E-state index contributed by atoms with van der Waals surface area (Å²) in [5.41, 5.74) is 0. The van der Waals surface area contributed by atoms with Gasteiger partial charge in [-0.2, -0.15) is 0 Å². The van der Waals surface area contributed by atoms with Crippen molar-refractivity contribution < 1.29 is 9.47 Å². The number of hydrogen-bond acceptors (Lipinski definition) is 4. The van der Waals surface area contributed by atoms with Crippen molar-refractivity contribution in [3.05, 3.63) is 48.5 Å². The molecule has 5 heteroatoms. The van der Waals surface area contributed by atoms with Crippen LogP contribution < -0.4 is 9.47 Å². The zero-order chi connectivity index (χ0) is 13.9. The molecule has 2 aromatic rings. The van der Waals surface area contributed by atoms with E-state index in [0.717, 1.165) is 11.5 Å². The summed E-state index contributed by atoms with van der Waals surface area (Å²) in [5, 5.41) is 0. The maximum absolute atomic E-state index is 8.33. The van der Waals surface area contributed by atoms with E-state index in [0.29, 0.717) is 9.79 Å². The summed E-state index contributed by atoms with van der Waals surface area (Å²) in [6, 6.07) is 14.2. The van der Waals surface area contributed by atoms with Crippen LogP contribution in [0.2, 0.25) is 0 Å². The number of nitrogens with one attached hydrogen (secondary N) is 2. The molecule has 0 unspecified atom stereocenters. The van der Waals surface area contributed by atoms with E-state index in [-0.39, 0.29) is 0 Å². The molecule has 0 aliphatic rings. The van der Waals surface area contributed by atoms with Crippen LogP contribution in [-0.2, 0) is 9.62 Å². The molecule has 0 spiro atoms. The van der Waals surface area contributed by atoms with Gasteiger partial charge in [0.2, 0.25) is 0 Å². The van der Waals surface area contributed by atoms with Crippen LogP contribution in [0.3, 0.4) is 0 Å². The van der Waals surface area contributed by atoms with E-state index < -0.39 is 9.62 Å². The highest BCUT2D eigenvalue weighted by molar-refractivity contribution is 7.93. The van der Waals surface area contributed by atoms with Gasteiger partial charge in [0.1, 0.15) is 11.5 Å². The second-order valence-electron chi connectivity index (χ2n) is 3.96. The number of ether oxygens (including phenoxy) is 2. The van der Waals surface area contributed by atoms with Crippen molar-refractivity contribution in [3.8, 4) is 11.5 Å². The van der Waals surface area contributed by atoms with Crippen LogP contribution in [0, 0.1) is 9.56 Å². The van der Waals surface area contributed by atoms with Gasteiger partial charge in [-0.3, -0.25) is 9.56 Å². The van der Waals surface area contributed by atoms with Gasteiger partial charge in [0.15, 0.2) is 0 Å². The summed E-state index contributed by atoms with van der Waals surface area (Å²) in [4.78, 5) is 1.36. The van der Waals surface area contributed by atoms with Crippen molar-refractivity contribution in [2.75, 3.05) is 14.2 Å². The zero-order valence-corrected chi connectivity index (χ0v) is 11.7. The molecule has 0 heterocycles. The Balaban J connectivity index is 2.39. The predicted octanol–water partition coefficient (Wildman–Crippen LogP) is 3.80. The molecule has 100 valence electrons. The first-order valence-corrected chi connectivity index (χ1v) is 7.32. The molecule has 0 bridgehead atoms. The molecular weight excluding hydrogens is 260 g/mol. The predicted molar refractivity (Wildman–Crippen MR) is 75.3 cm³/mol. The molecule has 2 aromatic carbocycles. The van der Waals surface area contributed by atoms with Crippen LogP contribution in [0.15, 0.2) is 58.3 Å². The Hall–Kier alpha value is -2.01. The Bertz CT molecular complexity index is 593. The van der Waals surface area contributed by atoms with E-state index in [1.807, 2.05) is 0 Å². The van der Waals surface area contributed by atoms with Crippen molar-refractivity contribution >= 4 is 9.62 Å². The lowest BCUT2D eigenvalue weighted by molar-refractivity contribution is 0.414. The van der Waals surface area contributed by atoms with Crippen LogP contribution in [0.25, 0.3) is 0 Å². The molecule has 0 fully saturated rings. The third kappa shape index (κ3) is 2.71. The summed E-state index contributed by atoms with van der Waals surface area (Å²) in [6.07, 6.45) is 0. The van der Waals surface area contributed by atoms with Gasteiger partial charge < -0.3 is 9.47 Å². The quantitative estimate of drug-likeness (QED) is 0.892. The molecule has 2 rings (SSSR count). The Morgan fingerprint density at radius 3 is 1.26 bits per heavy atom. The molecule has 0 aromatic heterocycles. The van der Waals surface area contributed by atoms with Gasteiger partial charge >= 0.3 is 0 Å². The van der Waals surface area contributed by atoms with Crippen LogP contribution in [0.4, 0.5) is 0 Å². The average molecular weight is 276 g/mol. The van der Waals surface area contributed by atoms with Crippen LogP contribution >= 0.6 is 0 Å². The van der Waals surface area contributed by atoms with Gasteiger partial charge in [-0.1, -0.05) is 0 Å². The molecule has 0 aliphatic carbocycles. The lowest BCUT2D eigenvalue weighted by Gasteiger charge is -2.12. The van der Waals surface area contributed by atoms with E-state index in [4.69, 9.17) is 19.0 Å². The minimum atomic E-state index is -2.50. The topological polar surface area (TPSA) is 66.2 Å². The third-order valence-electron chi connectivity index (χ3n) is 2.83. The number of benzene rings is 2. The van der Waals surface area contributed by atoms with Gasteiger partial charge in [-0.25, -0.2) is 0 Å². The van der Waals surface area contributed by atoms with E-state index >= 15 is 0 Å². The molecule has 0 amide bonds. The normalized spacial score (nSPS) is 11.1. The summed E-state index contributed by atoms with van der Waals surface area (Å²) < 4.78 is 26.8. The minimum Gasteiger partial charge on any atom is -0.497 e. The molecule has 0 saturated carbocycles. The average Bonchev–Trinajstić information content (AvgIpc) is 2.47. The fourth-order valence-corrected chi connectivity index (χ4v) is 3.06. The molecule has 0 saturated heterocycles. The molecule has 19 heavy (non-hydrogen) atoms. The minimum absolute atomic E-state index is 0.679. The van der Waals surface area contributed by atoms with Crippen LogP contribution in [0.1, 0.15) is 0 Å². The SMILES string of the molecule is COc1ccc(S(=N)(=N)c2ccc(OC)cc2)cc1. The van der Waals surface area contributed by atoms with Crippen molar-refractivity contribution in [2.45, 2.75) is 9.79 Å². The highest BCUT2D eigenvalue weighted by Gasteiger charge is 2.09. The van der Waals surface area contributed by atoms with Gasteiger partial charge in [-0.05, 0) is 58.2 Å². The highest BCUT2D eigenvalue weighted by atomic mass is 32.2. The standard InChI is InChI=1S/C14H16N2O2S/c1-17-11-3-7-13(8-4-11)19(15,16)14-9-5-12(18-2)6-10-14/h3-10,15-16H,1-2H3. The third-order valence-corrected chi connectivity index (χ3v) is 4.78. The Morgan fingerprint density at radius 1 is 0.684 bits per heavy atom. The second-order valence-corrected chi connectivity index (χ2v) is 6.13. The molecule has 4 nitrogen and oxygen atoms in total. The molecule has 0 radical (unpaired) electrons. The largest absolute Gasteiger partial charge is 0.497 e. The number of rotatable bonds is 4. The summed E-state index contributed by atoms with van der Waals surface area (Å²) in [7, 11) is 0.694. The van der Waals surface area contributed by atoms with Crippen molar-refractivity contribution in [1.29, 1.82) is 9.56 Å². The molecule has 0 aliphatic heterocycles. The number of hydrogen-bond donors (Lipinski definition) is 2. The maximum atomic E-state index is 8.33. The van der Waals surface area contributed by atoms with Gasteiger partial charge in [0.05, 0.1) is 14.2 Å². The lowest BCUT2D eigenvalue weighted by Crippen LogP contribution is -1.98. The van der Waals surface area contributed by atoms with Crippen molar-refractivity contribution in [2.24, 2.45) is 0 Å². The smallest absolute Gasteiger partial charge is 0.118 e. The molecular formula is C14H16N2O2S. The first-order chi connectivity index (χ1) is 9.07. The van der Waals surface area contributed by atoms with Gasteiger partial charge in [-0.15, -0.1) is 0 Å². The van der Waals surface area contributed by atoms with Gasteiger partial charge in [0.25, 0.3) is 0 Å². The Morgan fingerprint density at radius 2 is 1.00 bits per heavy atom. The second kappa shape index (κ2) is 5.32. The summed E-state index contributed by atoms with van der Waals surface area (Å²) in [6.45, 7) is 0. The highest BCUT2D eigenvalue weighted by Crippen LogP contribution is 2.25. The van der Waals surface area contributed by atoms with Crippen LogP contribution in [0.5, 0.6) is 11.5 Å². The van der Waals surface area contributed by atoms with E-state index in [9.17, 15) is 0 Å². The van der Waals surface area contributed by atoms with Crippen LogP contribution in [-0.4, -0.2) is 14.2 Å². The van der Waals surface area contributed by atoms with Crippen molar-refractivity contribution in [3.63, 3.8) is 0 Å². The molecule has 0 atom stereocenters. The monoisotopic (exact) mass is 276 g/mol. The summed E-state index contributed by atoms with van der Waals surface area (Å²) >= 11 is 0. The first kappa shape index (κ1) is 13.4. The van der Waals surface area contributed by atoms with Crippen molar-refractivity contribution in [1.82, 2.24) is 0 Å². The summed E-state index contributed by atoms with van der Waals surface area (Å²) in [5.74, 6) is 1.46. The Labute approximate surface area is 113 Å². The lowest BCUT2D eigenvalue weighted by atomic mass is 10.3. The first-order valence-electron chi connectivity index (χ1n) is 5.68. The fraction of sp³-hybridized carbons (Fsp3) is 0.143. The van der Waals surface area contributed by atoms with Gasteiger partial charge in [0, 0.05) is 9.79 Å². The van der Waals surface area contributed by atoms with E-state index in [1.165, 1.54) is 0 Å². The Kier molecular flexibility index (Phi) is 3.76. The molecule has 2 N–H and O–H groups in total. The maximum Gasteiger partial charge on any atom is 0.118 e. The van der Waals surface area contributed by atoms with E-state index in [2.05, 4.69) is 0 Å². The van der Waals surface area contributed by atoms with E-state index in [1.54, 1.807) is 62.8 Å². The fourth-order valence-electron chi connectivity index (χ4n) is 1.70.